The Hall–Kier alpha value is -1.26. The zero-order valence-electron chi connectivity index (χ0n) is 8.13. The molecule has 0 aliphatic heterocycles. The number of amides is 1. The fourth-order valence-electron chi connectivity index (χ4n) is 0.719. The molecule has 2 N–H and O–H groups in total. The van der Waals surface area contributed by atoms with Crippen LogP contribution < -0.4 is 10.6 Å². The van der Waals surface area contributed by atoms with Crippen LogP contribution in [-0.2, 0) is 9.53 Å². The number of hydrogen-bond acceptors (Lipinski definition) is 4. The van der Waals surface area contributed by atoms with Gasteiger partial charge in [-0.3, -0.25) is 4.79 Å². The minimum Gasteiger partial charge on any atom is -0.374 e. The molecule has 0 aromatic carbocycles. The second kappa shape index (κ2) is 9.30. The summed E-state index contributed by atoms with van der Waals surface area (Å²) in [5, 5.41) is 13.1. The Morgan fingerprint density at radius 2 is 2.27 bits per heavy atom. The van der Waals surface area contributed by atoms with Gasteiger partial charge in [-0.1, -0.05) is 0 Å². The number of hydrogen-bond donors (Lipinski definition) is 2. The van der Waals surface area contributed by atoms with E-state index < -0.39 is 13.0 Å². The first-order chi connectivity index (χ1) is 7.16. The lowest BCUT2D eigenvalue weighted by Crippen LogP contribution is -2.35. The monoisotopic (exact) mass is 221 g/mol. The molecule has 0 saturated carbocycles. The van der Waals surface area contributed by atoms with Crippen molar-refractivity contribution in [2.45, 2.75) is 6.43 Å². The van der Waals surface area contributed by atoms with Gasteiger partial charge >= 0.3 is 0 Å². The molecule has 0 radical (unpaired) electrons. The highest BCUT2D eigenvalue weighted by Crippen LogP contribution is 1.90. The normalized spacial score (nSPS) is 10.0. The van der Waals surface area contributed by atoms with E-state index in [1.54, 1.807) is 6.07 Å². The number of rotatable bonds is 8. The third kappa shape index (κ3) is 10.7. The average molecular weight is 221 g/mol. The number of nitrogens with zero attached hydrogens (tertiary/aromatic N) is 1. The summed E-state index contributed by atoms with van der Waals surface area (Å²) in [5.74, 6) is -0.314. The van der Waals surface area contributed by atoms with Crippen LogP contribution >= 0.6 is 0 Å². The van der Waals surface area contributed by atoms with Gasteiger partial charge in [0.2, 0.25) is 5.91 Å². The Morgan fingerprint density at radius 3 is 2.87 bits per heavy atom. The molecule has 0 heterocycles. The van der Waals surface area contributed by atoms with Gasteiger partial charge in [-0.2, -0.15) is 5.26 Å². The minimum atomic E-state index is -2.47. The maximum Gasteiger partial charge on any atom is 0.261 e. The fraction of sp³-hybridized carbons (Fsp3) is 0.750. The van der Waals surface area contributed by atoms with Crippen LogP contribution in [-0.4, -0.2) is 45.2 Å². The van der Waals surface area contributed by atoms with Crippen LogP contribution in [0.5, 0.6) is 0 Å². The standard InChI is InChI=1S/C8H13F2N3O2/c9-7(10)6-15-4-3-12-5-8(14)13-2-1-11/h7,12H,2-6H2,(H,13,14). The van der Waals surface area contributed by atoms with Crippen LogP contribution in [0.2, 0.25) is 0 Å². The van der Waals surface area contributed by atoms with E-state index >= 15 is 0 Å². The van der Waals surface area contributed by atoms with Gasteiger partial charge < -0.3 is 15.4 Å². The van der Waals surface area contributed by atoms with Gasteiger partial charge in [-0.05, 0) is 0 Å². The third-order valence-corrected chi connectivity index (χ3v) is 1.32. The Bertz CT molecular complexity index is 218. The molecule has 0 aromatic heterocycles. The van der Waals surface area contributed by atoms with Crippen LogP contribution in [0.15, 0.2) is 0 Å². The van der Waals surface area contributed by atoms with E-state index in [9.17, 15) is 13.6 Å². The van der Waals surface area contributed by atoms with E-state index in [4.69, 9.17) is 5.26 Å². The number of alkyl halides is 2. The van der Waals surface area contributed by atoms with Crippen molar-refractivity contribution in [3.05, 3.63) is 0 Å². The quantitative estimate of drug-likeness (QED) is 0.428. The fourth-order valence-corrected chi connectivity index (χ4v) is 0.719. The Kier molecular flexibility index (Phi) is 8.52. The molecule has 0 fully saturated rings. The summed E-state index contributed by atoms with van der Waals surface area (Å²) in [7, 11) is 0. The maximum atomic E-state index is 11.6. The zero-order valence-corrected chi connectivity index (χ0v) is 8.13. The first-order valence-corrected chi connectivity index (χ1v) is 4.37. The van der Waals surface area contributed by atoms with Gasteiger partial charge in [0.25, 0.3) is 6.43 Å². The molecule has 0 aromatic rings. The van der Waals surface area contributed by atoms with Crippen LogP contribution in [0, 0.1) is 11.3 Å². The lowest BCUT2D eigenvalue weighted by molar-refractivity contribution is -0.120. The summed E-state index contributed by atoms with van der Waals surface area (Å²) in [4.78, 5) is 10.9. The minimum absolute atomic E-state index is 0.0393. The van der Waals surface area contributed by atoms with Gasteiger partial charge in [0, 0.05) is 6.54 Å². The molecule has 0 rings (SSSR count). The number of nitriles is 1. The van der Waals surface area contributed by atoms with Crippen molar-refractivity contribution in [2.75, 3.05) is 32.8 Å². The van der Waals surface area contributed by atoms with Crippen molar-refractivity contribution >= 4 is 5.91 Å². The molecule has 0 aliphatic carbocycles. The summed E-state index contributed by atoms with van der Waals surface area (Å²) < 4.78 is 27.7. The van der Waals surface area contributed by atoms with Crippen molar-refractivity contribution in [3.8, 4) is 6.07 Å². The molecule has 0 aliphatic rings. The molecule has 1 amide bonds. The molecule has 0 spiro atoms. The van der Waals surface area contributed by atoms with Crippen molar-refractivity contribution in [3.63, 3.8) is 0 Å². The van der Waals surface area contributed by atoms with Gasteiger partial charge in [0.05, 0.1) is 19.2 Å². The van der Waals surface area contributed by atoms with Crippen molar-refractivity contribution in [1.82, 2.24) is 10.6 Å². The molecule has 86 valence electrons. The largest absolute Gasteiger partial charge is 0.374 e. The Balaban J connectivity index is 3.17. The highest BCUT2D eigenvalue weighted by atomic mass is 19.3. The predicted molar refractivity (Wildman–Crippen MR) is 48.3 cm³/mol. The number of carbonyl (C=O) groups is 1. The summed E-state index contributed by atoms with van der Waals surface area (Å²) in [6, 6.07) is 1.75. The second-order valence-electron chi connectivity index (χ2n) is 2.58. The number of ether oxygens (including phenoxy) is 1. The lowest BCUT2D eigenvalue weighted by atomic mass is 10.5. The van der Waals surface area contributed by atoms with Gasteiger partial charge in [0.1, 0.15) is 13.2 Å². The van der Waals surface area contributed by atoms with Crippen LogP contribution in [0.1, 0.15) is 0 Å². The van der Waals surface area contributed by atoms with Gasteiger partial charge in [0.15, 0.2) is 0 Å². The highest BCUT2D eigenvalue weighted by molar-refractivity contribution is 5.78. The topological polar surface area (TPSA) is 74.2 Å². The molecule has 5 nitrogen and oxygen atoms in total. The van der Waals surface area contributed by atoms with Gasteiger partial charge in [-0.15, -0.1) is 0 Å². The summed E-state index contributed by atoms with van der Waals surface area (Å²) in [5.41, 5.74) is 0. The number of nitrogens with one attached hydrogen (secondary N) is 2. The van der Waals surface area contributed by atoms with Crippen LogP contribution in [0.4, 0.5) is 8.78 Å². The molecule has 0 unspecified atom stereocenters. The summed E-state index contributed by atoms with van der Waals surface area (Å²) in [6.45, 7) is -0.160. The molecular formula is C8H13F2N3O2. The van der Waals surface area contributed by atoms with E-state index in [0.29, 0.717) is 6.54 Å². The second-order valence-corrected chi connectivity index (χ2v) is 2.58. The van der Waals surface area contributed by atoms with E-state index in [-0.39, 0.29) is 25.6 Å². The smallest absolute Gasteiger partial charge is 0.261 e. The number of halogens is 2. The van der Waals surface area contributed by atoms with E-state index in [1.165, 1.54) is 0 Å². The summed E-state index contributed by atoms with van der Waals surface area (Å²) >= 11 is 0. The first kappa shape index (κ1) is 13.7. The maximum absolute atomic E-state index is 11.6. The third-order valence-electron chi connectivity index (χ3n) is 1.32. The van der Waals surface area contributed by atoms with Crippen molar-refractivity contribution in [2.24, 2.45) is 0 Å². The first-order valence-electron chi connectivity index (χ1n) is 4.37. The lowest BCUT2D eigenvalue weighted by Gasteiger charge is -2.05. The molecule has 7 heteroatoms. The molecular weight excluding hydrogens is 208 g/mol. The van der Waals surface area contributed by atoms with E-state index in [2.05, 4.69) is 15.4 Å². The SMILES string of the molecule is N#CCNC(=O)CNCCOCC(F)F. The molecule has 0 atom stereocenters. The Labute approximate surface area is 86.4 Å². The van der Waals surface area contributed by atoms with Crippen molar-refractivity contribution < 1.29 is 18.3 Å². The summed E-state index contributed by atoms with van der Waals surface area (Å²) in [6.07, 6.45) is -2.47. The van der Waals surface area contributed by atoms with Crippen LogP contribution in [0.3, 0.4) is 0 Å². The van der Waals surface area contributed by atoms with Crippen molar-refractivity contribution in [1.29, 1.82) is 5.26 Å². The van der Waals surface area contributed by atoms with E-state index in [1.807, 2.05) is 0 Å². The number of carbonyl (C=O) groups excluding carboxylic acids is 1. The molecule has 15 heavy (non-hydrogen) atoms. The predicted octanol–water partition coefficient (Wildman–Crippen LogP) is -0.503. The average Bonchev–Trinajstić information content (AvgIpc) is 2.19. The molecule has 0 saturated heterocycles. The molecule has 0 bridgehead atoms. The van der Waals surface area contributed by atoms with E-state index in [0.717, 1.165) is 0 Å². The zero-order chi connectivity index (χ0) is 11.5. The highest BCUT2D eigenvalue weighted by Gasteiger charge is 2.01. The Morgan fingerprint density at radius 1 is 1.53 bits per heavy atom. The van der Waals surface area contributed by atoms with Crippen LogP contribution in [0.25, 0.3) is 0 Å². The van der Waals surface area contributed by atoms with Gasteiger partial charge in [-0.25, -0.2) is 8.78 Å².